The third-order valence-electron chi connectivity index (χ3n) is 4.06. The molecule has 22 heavy (non-hydrogen) atoms. The second-order valence-electron chi connectivity index (χ2n) is 5.52. The average molecular weight is 285 g/mol. The van der Waals surface area contributed by atoms with Crippen molar-refractivity contribution in [3.8, 4) is 11.1 Å². The van der Waals surface area contributed by atoms with Gasteiger partial charge >= 0.3 is 0 Å². The first kappa shape index (κ1) is 12.8. The zero-order valence-corrected chi connectivity index (χ0v) is 12.3. The maximum Gasteiger partial charge on any atom is 0.152 e. The molecule has 1 aromatic heterocycles. The Labute approximate surface area is 128 Å². The van der Waals surface area contributed by atoms with E-state index in [-0.39, 0.29) is 5.78 Å². The summed E-state index contributed by atoms with van der Waals surface area (Å²) < 4.78 is 0. The molecule has 2 aliphatic rings. The summed E-state index contributed by atoms with van der Waals surface area (Å²) in [5.74, 6) is 0.0580. The molecule has 0 bridgehead atoms. The van der Waals surface area contributed by atoms with Crippen LogP contribution in [-0.2, 0) is 4.79 Å². The highest BCUT2D eigenvalue weighted by atomic mass is 16.1. The molecule has 1 aromatic carbocycles. The van der Waals surface area contributed by atoms with Crippen molar-refractivity contribution in [2.75, 3.05) is 0 Å². The van der Waals surface area contributed by atoms with Crippen molar-refractivity contribution >= 4 is 33.7 Å². The molecule has 2 heteroatoms. The molecular weight excluding hydrogens is 270 g/mol. The lowest BCUT2D eigenvalue weighted by Crippen LogP contribution is -1.80. The van der Waals surface area contributed by atoms with Gasteiger partial charge in [0.1, 0.15) is 0 Å². The Hall–Kier alpha value is -2.87. The molecule has 4 rings (SSSR count). The second kappa shape index (κ2) is 4.85. The number of H-pyrrole nitrogens is 1. The van der Waals surface area contributed by atoms with E-state index >= 15 is 0 Å². The molecule has 0 fully saturated rings. The number of benzene rings is 1. The van der Waals surface area contributed by atoms with Crippen LogP contribution in [0.1, 0.15) is 12.5 Å². The number of hydrogen-bond acceptors (Lipinski definition) is 1. The minimum atomic E-state index is 0.0580. The number of fused-ring (bicyclic) bond motifs is 5. The number of carbonyl (C=O) groups excluding carboxylic acids is 1. The molecule has 0 aliphatic heterocycles. The zero-order valence-electron chi connectivity index (χ0n) is 12.3. The summed E-state index contributed by atoms with van der Waals surface area (Å²) >= 11 is 0. The lowest BCUT2D eigenvalue weighted by molar-refractivity contribution is -0.112. The van der Waals surface area contributed by atoms with Crippen molar-refractivity contribution in [2.45, 2.75) is 6.92 Å². The largest absolute Gasteiger partial charge is 0.354 e. The Morgan fingerprint density at radius 1 is 0.955 bits per heavy atom. The number of aromatic nitrogens is 1. The Bertz CT molecular complexity index is 1010. The summed E-state index contributed by atoms with van der Waals surface area (Å²) in [4.78, 5) is 14.9. The average Bonchev–Trinajstić information content (AvgIpc) is 2.89. The molecule has 0 unspecified atom stereocenters. The number of nitrogens with one attached hydrogen (secondary N) is 1. The maximum absolute atomic E-state index is 11.4. The molecule has 0 atom stereocenters. The third-order valence-corrected chi connectivity index (χ3v) is 4.06. The Kier molecular flexibility index (Phi) is 2.83. The van der Waals surface area contributed by atoms with Crippen LogP contribution in [-0.4, -0.2) is 10.8 Å². The fourth-order valence-corrected chi connectivity index (χ4v) is 3.13. The highest BCUT2D eigenvalue weighted by molar-refractivity contribution is 6.20. The van der Waals surface area contributed by atoms with E-state index in [1.807, 2.05) is 36.4 Å². The Morgan fingerprint density at radius 2 is 1.68 bits per heavy atom. The van der Waals surface area contributed by atoms with E-state index in [0.29, 0.717) is 0 Å². The molecule has 0 saturated heterocycles. The molecule has 2 nitrogen and oxygen atoms in total. The lowest BCUT2D eigenvalue weighted by Gasteiger charge is -1.98. The topological polar surface area (TPSA) is 32.9 Å². The quantitative estimate of drug-likeness (QED) is 0.515. The van der Waals surface area contributed by atoms with Gasteiger partial charge in [-0.15, -0.1) is 0 Å². The van der Waals surface area contributed by atoms with Gasteiger partial charge in [-0.1, -0.05) is 54.6 Å². The van der Waals surface area contributed by atoms with E-state index in [0.717, 1.165) is 22.2 Å². The summed E-state index contributed by atoms with van der Waals surface area (Å²) in [7, 11) is 0. The van der Waals surface area contributed by atoms with Crippen LogP contribution >= 0.6 is 0 Å². The number of para-hydroxylation sites is 1. The molecule has 106 valence electrons. The van der Waals surface area contributed by atoms with Crippen LogP contribution in [0.2, 0.25) is 0 Å². The van der Waals surface area contributed by atoms with Crippen LogP contribution in [0.5, 0.6) is 0 Å². The number of ketones is 1. The third kappa shape index (κ3) is 1.85. The molecule has 2 aliphatic carbocycles. The standard InChI is InChI=1S/C20H15NO/c1-13(22)11-12-15-14-7-3-2-4-8-16(14)20-19(15)17-9-5-6-10-18(17)21-20/h2-12,21H,1H3/b12-11+. The van der Waals surface area contributed by atoms with Gasteiger partial charge in [0.05, 0.1) is 5.52 Å². The van der Waals surface area contributed by atoms with Gasteiger partial charge in [0, 0.05) is 21.9 Å². The van der Waals surface area contributed by atoms with Crippen molar-refractivity contribution in [3.05, 3.63) is 66.2 Å². The first-order valence-corrected chi connectivity index (χ1v) is 7.35. The summed E-state index contributed by atoms with van der Waals surface area (Å²) in [5.41, 5.74) is 5.71. The van der Waals surface area contributed by atoms with Gasteiger partial charge in [0.15, 0.2) is 5.78 Å². The molecule has 2 aromatic rings. The minimum absolute atomic E-state index is 0.0580. The van der Waals surface area contributed by atoms with Crippen molar-refractivity contribution in [1.82, 2.24) is 4.98 Å². The SMILES string of the molecule is CC(=O)/C=C/c1c2cccccc-2c2[nH]c3ccccc3c12. The van der Waals surface area contributed by atoms with Gasteiger partial charge in [0.2, 0.25) is 0 Å². The van der Waals surface area contributed by atoms with Gasteiger partial charge < -0.3 is 4.98 Å². The zero-order chi connectivity index (χ0) is 15.1. The van der Waals surface area contributed by atoms with E-state index in [2.05, 4.69) is 29.2 Å². The van der Waals surface area contributed by atoms with Gasteiger partial charge in [-0.2, -0.15) is 0 Å². The molecule has 0 spiro atoms. The van der Waals surface area contributed by atoms with E-state index in [1.54, 1.807) is 13.0 Å². The predicted molar refractivity (Wildman–Crippen MR) is 92.1 cm³/mol. The van der Waals surface area contributed by atoms with Crippen molar-refractivity contribution < 1.29 is 4.79 Å². The Balaban J connectivity index is 2.20. The van der Waals surface area contributed by atoms with Crippen LogP contribution in [0.25, 0.3) is 39.0 Å². The maximum atomic E-state index is 11.4. The molecule has 0 amide bonds. The number of aromatic amines is 1. The first-order chi connectivity index (χ1) is 10.8. The molecular formula is C20H15NO. The van der Waals surface area contributed by atoms with Crippen molar-refractivity contribution in [2.24, 2.45) is 0 Å². The smallest absolute Gasteiger partial charge is 0.152 e. The van der Waals surface area contributed by atoms with E-state index in [9.17, 15) is 4.79 Å². The summed E-state index contributed by atoms with van der Waals surface area (Å²) in [6, 6.07) is 18.6. The van der Waals surface area contributed by atoms with E-state index in [1.165, 1.54) is 16.3 Å². The summed E-state index contributed by atoms with van der Waals surface area (Å²) in [6.45, 7) is 1.58. The van der Waals surface area contributed by atoms with Crippen molar-refractivity contribution in [1.29, 1.82) is 0 Å². The highest BCUT2D eigenvalue weighted by Gasteiger charge is 2.18. The number of rotatable bonds is 2. The van der Waals surface area contributed by atoms with Gasteiger partial charge in [-0.3, -0.25) is 4.79 Å². The van der Waals surface area contributed by atoms with E-state index in [4.69, 9.17) is 0 Å². The first-order valence-electron chi connectivity index (χ1n) is 7.35. The van der Waals surface area contributed by atoms with Gasteiger partial charge in [-0.05, 0) is 30.2 Å². The lowest BCUT2D eigenvalue weighted by atomic mass is 10.1. The monoisotopic (exact) mass is 285 g/mol. The van der Waals surface area contributed by atoms with E-state index < -0.39 is 0 Å². The highest BCUT2D eigenvalue weighted by Crippen LogP contribution is 2.42. The number of allylic oxidation sites excluding steroid dienone is 1. The van der Waals surface area contributed by atoms with Crippen LogP contribution < -0.4 is 0 Å². The molecule has 0 radical (unpaired) electrons. The molecule has 1 heterocycles. The van der Waals surface area contributed by atoms with Crippen LogP contribution in [0, 0.1) is 0 Å². The predicted octanol–water partition coefficient (Wildman–Crippen LogP) is 5.03. The molecule has 0 saturated carbocycles. The Morgan fingerprint density at radius 3 is 2.50 bits per heavy atom. The summed E-state index contributed by atoms with van der Waals surface area (Å²) in [5, 5.41) is 2.38. The molecule has 1 N–H and O–H groups in total. The van der Waals surface area contributed by atoms with Gasteiger partial charge in [0.25, 0.3) is 0 Å². The van der Waals surface area contributed by atoms with Gasteiger partial charge in [-0.25, -0.2) is 0 Å². The van der Waals surface area contributed by atoms with Crippen molar-refractivity contribution in [3.63, 3.8) is 0 Å². The fraction of sp³-hybridized carbons (Fsp3) is 0.0500. The summed E-state index contributed by atoms with van der Waals surface area (Å²) in [6.07, 6.45) is 3.58. The second-order valence-corrected chi connectivity index (χ2v) is 5.52. The minimum Gasteiger partial charge on any atom is -0.354 e. The fourth-order valence-electron chi connectivity index (χ4n) is 3.13. The van der Waals surface area contributed by atoms with Crippen LogP contribution in [0.3, 0.4) is 0 Å². The number of carbonyl (C=O) groups is 1. The number of hydrogen-bond donors (Lipinski definition) is 1. The van der Waals surface area contributed by atoms with Crippen LogP contribution in [0.15, 0.2) is 60.7 Å². The van der Waals surface area contributed by atoms with Crippen LogP contribution in [0.4, 0.5) is 0 Å². The normalized spacial score (nSPS) is 11.9.